The van der Waals surface area contributed by atoms with Crippen molar-refractivity contribution >= 4 is 35.8 Å². The van der Waals surface area contributed by atoms with E-state index >= 15 is 0 Å². The number of nitrogens with zero attached hydrogens (tertiary/aromatic N) is 6. The van der Waals surface area contributed by atoms with Crippen molar-refractivity contribution in [3.05, 3.63) is 30.6 Å². The molecule has 0 aromatic carbocycles. The Morgan fingerprint density at radius 3 is 0.433 bits per heavy atom. The van der Waals surface area contributed by atoms with Gasteiger partial charge in [-0.1, -0.05) is 125 Å². The summed E-state index contributed by atoms with van der Waals surface area (Å²) in [6, 6.07) is 0. The molecule has 0 aliphatic carbocycles. The standard InChI is InChI=1S/2C10H22N2O4.6C5H10O2.2Ce.4Mn.2NO3.2O/c2*13-7-3-11(4-8-14)1-2-12(5-9-15)6-10-16;6*1-5(2,3)4(6)7;;;;;;;2*2-1(3)4;;/h2*13,15H,1-10H2;6*1-3H3,(H,6,7);;;;;;;;;;/q2*-2;;;;;;;;+3;+2;3*+3;2*-1;2*-2/p-6. The van der Waals surface area contributed by atoms with Gasteiger partial charge in [-0.3, -0.25) is 0 Å². The van der Waals surface area contributed by atoms with Gasteiger partial charge in [0.05, 0.1) is 36.6 Å². The molecule has 0 saturated carbocycles. The van der Waals surface area contributed by atoms with Crippen LogP contribution >= 0.6 is 0 Å². The molecule has 0 fully saturated rings. The van der Waals surface area contributed by atoms with E-state index in [2.05, 4.69) is 0 Å². The Labute approximate surface area is 641 Å². The SMILES string of the molecule is CC(C)(C)C(=O)[O-].CC(C)(C)C(=O)[O-].CC(C)(C)C(=O)[O-].CC(C)(C)C(=O)[O-].CC(C)(C)C(=O)[O-].CC(C)(C)C(=O)[O-].O=[N+]([O-])[O-].O=[N+]([O-])[O-].[Ce+3].[Ce].[Mn+2].[Mn+3].[Mn+3].[Mn+3].[O-2].[O-2].[O-]CCN(CCO)CCN(CC[O-])CCO.[O-]CCN(CCO)CCN(CC[O-])CCO. The third-order valence-electron chi connectivity index (χ3n) is 8.43. The molecular formula is C50H98Ce2Mn4N6O28-2. The van der Waals surface area contributed by atoms with Gasteiger partial charge in [0, 0.05) is 162 Å². The van der Waals surface area contributed by atoms with E-state index in [1.54, 1.807) is 125 Å². The van der Waals surface area contributed by atoms with E-state index < -0.39 is 78.5 Å². The molecule has 0 aromatic heterocycles. The third-order valence-corrected chi connectivity index (χ3v) is 8.43. The third kappa shape index (κ3) is 136. The summed E-state index contributed by atoms with van der Waals surface area (Å²) in [6.07, 6.45) is 0. The topological polar surface area (TPSA) is 616 Å². The molecule has 34 nitrogen and oxygen atoms in total. The van der Waals surface area contributed by atoms with Gasteiger partial charge in [-0.2, -0.15) is 0 Å². The van der Waals surface area contributed by atoms with Gasteiger partial charge in [0.15, 0.2) is 0 Å². The van der Waals surface area contributed by atoms with Crippen molar-refractivity contribution in [2.45, 2.75) is 125 Å². The van der Waals surface area contributed by atoms with Crippen LogP contribution in [0.2, 0.25) is 0 Å². The Kier molecular flexibility index (Phi) is 123. The number of aliphatic carboxylic acids is 6. The normalized spacial score (nSPS) is 9.93. The number of rotatable bonds is 22. The van der Waals surface area contributed by atoms with E-state index in [0.717, 1.165) is 0 Å². The Hall–Kier alpha value is -0.509. The average Bonchev–Trinajstić information content (AvgIpc) is 3.27. The summed E-state index contributed by atoms with van der Waals surface area (Å²) >= 11 is 0. The van der Waals surface area contributed by atoms with Crippen LogP contribution in [0.25, 0.3) is 0 Å². The molecule has 0 saturated heterocycles. The maximum absolute atomic E-state index is 10.5. The molecule has 0 rings (SSSR count). The smallest absolute Gasteiger partial charge is 2.00 e. The van der Waals surface area contributed by atoms with Gasteiger partial charge in [-0.05, 0) is 26.2 Å². The van der Waals surface area contributed by atoms with Crippen LogP contribution in [-0.2, 0) is 108 Å². The van der Waals surface area contributed by atoms with Crippen molar-refractivity contribution in [3.8, 4) is 0 Å². The van der Waals surface area contributed by atoms with E-state index in [4.69, 9.17) is 51.1 Å². The summed E-state index contributed by atoms with van der Waals surface area (Å²) in [6.45, 7) is 34.2. The molecule has 0 aliphatic heterocycles. The molecule has 0 bridgehead atoms. The summed E-state index contributed by atoms with van der Waals surface area (Å²) in [5, 5.41) is 166. The molecule has 0 amide bonds. The van der Waals surface area contributed by atoms with Crippen LogP contribution in [0.1, 0.15) is 125 Å². The van der Waals surface area contributed by atoms with Crippen LogP contribution < -0.4 is 51.1 Å². The minimum atomic E-state index is -1.75. The molecule has 0 aliphatic rings. The molecular weight excluding hydrogens is 1630 g/mol. The monoisotopic (exact) mass is 1730 g/mol. The first-order chi connectivity index (χ1) is 36.7. The van der Waals surface area contributed by atoms with E-state index in [0.29, 0.717) is 78.5 Å². The number of hydrogen-bond donors (Lipinski definition) is 4. The van der Waals surface area contributed by atoms with Crippen LogP contribution in [0.15, 0.2) is 0 Å². The summed E-state index contributed by atoms with van der Waals surface area (Å²) < 4.78 is 0. The minimum Gasteiger partial charge on any atom is -2.00 e. The molecule has 4 N–H and O–H groups in total. The first kappa shape index (κ1) is 137. The number of aliphatic hydroxyl groups excluding tert-OH is 4. The van der Waals surface area contributed by atoms with Gasteiger partial charge in [-0.25, -0.2) is 0 Å². The number of carboxylic acids is 6. The second-order valence-electron chi connectivity index (χ2n) is 22.7. The average molecular weight is 1730 g/mol. The van der Waals surface area contributed by atoms with E-state index in [-0.39, 0.29) is 216 Å². The fraction of sp³-hybridized carbons (Fsp3) is 0.880. The zero-order valence-electron chi connectivity index (χ0n) is 54.9. The van der Waals surface area contributed by atoms with Crippen molar-refractivity contribution in [1.82, 2.24) is 19.6 Å². The molecule has 90 heavy (non-hydrogen) atoms. The van der Waals surface area contributed by atoms with E-state index in [1.807, 2.05) is 19.6 Å². The van der Waals surface area contributed by atoms with Crippen LogP contribution in [0.4, 0.5) is 0 Å². The number of hydrogen-bond acceptors (Lipinski definition) is 30. The quantitative estimate of drug-likeness (QED) is 0.0444. The van der Waals surface area contributed by atoms with Gasteiger partial charge in [-0.15, -0.1) is 26.4 Å². The molecule has 0 heterocycles. The molecule has 534 valence electrons. The molecule has 0 atom stereocenters. The second-order valence-corrected chi connectivity index (χ2v) is 22.7. The van der Waals surface area contributed by atoms with Crippen LogP contribution in [0, 0.1) is 147 Å². The van der Waals surface area contributed by atoms with Gasteiger partial charge >= 0.3 is 110 Å². The number of aliphatic hydroxyl groups is 4. The summed E-state index contributed by atoms with van der Waals surface area (Å²) in [7, 11) is 0. The Morgan fingerprint density at radius 2 is 0.389 bits per heavy atom. The molecule has 0 spiro atoms. The first-order valence-electron chi connectivity index (χ1n) is 25.3. The zero-order chi connectivity index (χ0) is 68.1. The number of carboxylic acid groups (broad SMARTS) is 6. The predicted octanol–water partition coefficient (Wildman–Crippen LogP) is -9.44. The van der Waals surface area contributed by atoms with Crippen molar-refractivity contribution in [2.75, 3.05) is 131 Å². The van der Waals surface area contributed by atoms with Crippen LogP contribution in [-0.4, -0.2) is 217 Å². The Balaban J connectivity index is -0.0000000409. The zero-order valence-corrected chi connectivity index (χ0v) is 65.9. The van der Waals surface area contributed by atoms with Crippen molar-refractivity contribution < 1.29 is 273 Å². The minimum absolute atomic E-state index is 0. The van der Waals surface area contributed by atoms with Gasteiger partial charge in [0.2, 0.25) is 0 Å². The van der Waals surface area contributed by atoms with Crippen molar-refractivity contribution in [3.63, 3.8) is 0 Å². The fourth-order valence-corrected chi connectivity index (χ4v) is 2.99. The van der Waals surface area contributed by atoms with Crippen LogP contribution in [0.5, 0.6) is 0 Å². The predicted molar refractivity (Wildman–Crippen MR) is 282 cm³/mol. The fourth-order valence-electron chi connectivity index (χ4n) is 2.99. The summed E-state index contributed by atoms with van der Waals surface area (Å²) in [5.41, 5.74) is -4.17. The van der Waals surface area contributed by atoms with Gasteiger partial charge < -0.3 is 161 Å². The Morgan fingerprint density at radius 1 is 0.311 bits per heavy atom. The first-order valence-corrected chi connectivity index (χ1v) is 25.3. The molecule has 2 radical (unpaired) electrons. The van der Waals surface area contributed by atoms with Crippen molar-refractivity contribution in [1.29, 1.82) is 0 Å². The maximum atomic E-state index is 10.5. The molecule has 0 unspecified atom stereocenters. The number of carbonyl (C=O) groups is 6. The molecule has 0 aromatic rings. The second kappa shape index (κ2) is 80.9. The largest absolute Gasteiger partial charge is 3.00 e. The van der Waals surface area contributed by atoms with Gasteiger partial charge in [0.25, 0.3) is 0 Å². The van der Waals surface area contributed by atoms with Gasteiger partial charge in [0.1, 0.15) is 0 Å². The molecule has 40 heteroatoms. The summed E-state index contributed by atoms with van der Waals surface area (Å²) in [5.74, 6) is -6.04. The maximum Gasteiger partial charge on any atom is 3.00 e. The van der Waals surface area contributed by atoms with E-state index in [9.17, 15) is 79.8 Å². The van der Waals surface area contributed by atoms with Crippen LogP contribution in [0.3, 0.4) is 0 Å². The number of carbonyl (C=O) groups excluding carboxylic acids is 6. The van der Waals surface area contributed by atoms with Crippen molar-refractivity contribution in [2.24, 2.45) is 32.5 Å². The Bertz CT molecular complexity index is 1350. The van der Waals surface area contributed by atoms with E-state index in [1.165, 1.54) is 0 Å². The summed E-state index contributed by atoms with van der Waals surface area (Å²) in [4.78, 5) is 83.4.